The van der Waals surface area contributed by atoms with Gasteiger partial charge < -0.3 is 5.43 Å². The number of nitro groups is 1. The molecule has 0 saturated heterocycles. The number of non-ortho nitro benzene ring substituents is 1. The first-order valence-corrected chi connectivity index (χ1v) is 5.58. The minimum absolute atomic E-state index is 0.0527. The van der Waals surface area contributed by atoms with Crippen LogP contribution in [0.4, 0.5) is 11.4 Å². The minimum Gasteiger partial charge on any atom is -0.324 e. The molecule has 3 N–H and O–H groups in total. The zero-order chi connectivity index (χ0) is 13.1. The minimum atomic E-state index is -0.486. The van der Waals surface area contributed by atoms with Crippen LogP contribution in [0.15, 0.2) is 28.3 Å². The van der Waals surface area contributed by atoms with Crippen LogP contribution in [0.5, 0.6) is 0 Å². The van der Waals surface area contributed by atoms with Crippen LogP contribution in [0.3, 0.4) is 0 Å². The Bertz CT molecular complexity index is 585. The van der Waals surface area contributed by atoms with Gasteiger partial charge in [-0.2, -0.15) is 0 Å². The summed E-state index contributed by atoms with van der Waals surface area (Å²) in [5.74, 6) is 5.26. The first-order chi connectivity index (χ1) is 8.60. The molecule has 0 amide bonds. The van der Waals surface area contributed by atoms with Crippen LogP contribution < -0.4 is 11.3 Å². The number of nitrogens with two attached hydrogens (primary N) is 1. The Morgan fingerprint density at radius 1 is 1.50 bits per heavy atom. The fourth-order valence-corrected chi connectivity index (χ4v) is 2.07. The molecule has 0 spiro atoms. The molecule has 2 rings (SSSR count). The largest absolute Gasteiger partial charge is 0.324 e. The van der Waals surface area contributed by atoms with Gasteiger partial charge >= 0.3 is 0 Å². The van der Waals surface area contributed by atoms with E-state index in [-0.39, 0.29) is 5.69 Å². The summed E-state index contributed by atoms with van der Waals surface area (Å²) >= 11 is 1.21. The molecule has 0 atom stereocenters. The average molecular weight is 267 g/mol. The van der Waals surface area contributed by atoms with E-state index in [2.05, 4.69) is 21.0 Å². The van der Waals surface area contributed by atoms with Crippen LogP contribution in [0.2, 0.25) is 0 Å². The van der Waals surface area contributed by atoms with Crippen molar-refractivity contribution in [3.05, 3.63) is 28.3 Å². The second-order valence-corrected chi connectivity index (χ2v) is 4.34. The molecule has 2 aromatic rings. The zero-order valence-corrected chi connectivity index (χ0v) is 10.1. The van der Waals surface area contributed by atoms with Gasteiger partial charge in [0, 0.05) is 24.1 Å². The Balaban J connectivity index is 2.35. The van der Waals surface area contributed by atoms with Gasteiger partial charge in [0.05, 0.1) is 10.6 Å². The molecule has 1 aromatic heterocycles. The van der Waals surface area contributed by atoms with Gasteiger partial charge in [0.15, 0.2) is 0 Å². The van der Waals surface area contributed by atoms with Gasteiger partial charge in [-0.25, -0.2) is 4.68 Å². The molecule has 0 fully saturated rings. The molecule has 94 valence electrons. The molecule has 9 nitrogen and oxygen atoms in total. The number of nitro benzene ring substituents is 1. The number of hydrazine groups is 1. The standard InChI is InChI=1S/C8H9N7O2S/c1-14-8(11-12-13-14)18-7-3-5(10-9)2-6(4-7)15(16)17/h2-4,10H,9H2,1H3. The number of benzene rings is 1. The molecule has 0 unspecified atom stereocenters. The molecule has 0 bridgehead atoms. The Morgan fingerprint density at radius 2 is 2.28 bits per heavy atom. The highest BCUT2D eigenvalue weighted by molar-refractivity contribution is 7.99. The Morgan fingerprint density at radius 3 is 2.83 bits per heavy atom. The molecular weight excluding hydrogens is 258 g/mol. The van der Waals surface area contributed by atoms with Crippen LogP contribution >= 0.6 is 11.8 Å². The lowest BCUT2D eigenvalue weighted by Crippen LogP contribution is -2.07. The monoisotopic (exact) mass is 267 g/mol. The van der Waals surface area contributed by atoms with Crippen molar-refractivity contribution in [2.45, 2.75) is 10.1 Å². The highest BCUT2D eigenvalue weighted by Gasteiger charge is 2.12. The van der Waals surface area contributed by atoms with Crippen LogP contribution in [0.25, 0.3) is 0 Å². The molecule has 10 heteroatoms. The number of tetrazole rings is 1. The quantitative estimate of drug-likeness (QED) is 0.467. The predicted molar refractivity (Wildman–Crippen MR) is 63.8 cm³/mol. The third-order valence-corrected chi connectivity index (χ3v) is 3.06. The highest BCUT2D eigenvalue weighted by Crippen LogP contribution is 2.31. The van der Waals surface area contributed by atoms with E-state index in [1.807, 2.05) is 0 Å². The van der Waals surface area contributed by atoms with Crippen molar-refractivity contribution < 1.29 is 4.92 Å². The predicted octanol–water partition coefficient (Wildman–Crippen LogP) is 0.555. The van der Waals surface area contributed by atoms with Crippen molar-refractivity contribution in [2.75, 3.05) is 5.43 Å². The van der Waals surface area contributed by atoms with E-state index in [0.717, 1.165) is 0 Å². The number of nitrogens with zero attached hydrogens (tertiary/aromatic N) is 5. The van der Waals surface area contributed by atoms with Gasteiger partial charge in [-0.3, -0.25) is 16.0 Å². The van der Waals surface area contributed by atoms with Crippen molar-refractivity contribution in [1.82, 2.24) is 20.2 Å². The number of nitrogens with one attached hydrogen (secondary N) is 1. The summed E-state index contributed by atoms with van der Waals surface area (Å²) in [7, 11) is 1.68. The van der Waals surface area contributed by atoms with Gasteiger partial charge in [-0.15, -0.1) is 5.10 Å². The third kappa shape index (κ3) is 2.55. The summed E-state index contributed by atoms with van der Waals surface area (Å²) in [5, 5.41) is 22.2. The van der Waals surface area contributed by atoms with E-state index in [9.17, 15) is 10.1 Å². The second-order valence-electron chi connectivity index (χ2n) is 3.30. The number of aromatic nitrogens is 4. The molecule has 0 saturated carbocycles. The summed E-state index contributed by atoms with van der Waals surface area (Å²) in [6.07, 6.45) is 0. The number of rotatable bonds is 4. The van der Waals surface area contributed by atoms with E-state index in [1.165, 1.54) is 28.6 Å². The number of aryl methyl sites for hydroxylation is 1. The summed E-state index contributed by atoms with van der Waals surface area (Å²) < 4.78 is 1.47. The third-order valence-electron chi connectivity index (χ3n) is 2.06. The number of anilines is 1. The maximum atomic E-state index is 10.8. The topological polar surface area (TPSA) is 125 Å². The van der Waals surface area contributed by atoms with Crippen LogP contribution in [-0.2, 0) is 7.05 Å². The first-order valence-electron chi connectivity index (χ1n) is 4.76. The van der Waals surface area contributed by atoms with Gasteiger partial charge in [-0.1, -0.05) is 0 Å². The smallest absolute Gasteiger partial charge is 0.272 e. The van der Waals surface area contributed by atoms with E-state index in [1.54, 1.807) is 13.1 Å². The van der Waals surface area contributed by atoms with Gasteiger partial charge in [0.1, 0.15) is 0 Å². The van der Waals surface area contributed by atoms with Crippen molar-refractivity contribution in [3.8, 4) is 0 Å². The molecule has 0 radical (unpaired) electrons. The van der Waals surface area contributed by atoms with E-state index >= 15 is 0 Å². The molecule has 0 aliphatic carbocycles. The second kappa shape index (κ2) is 4.98. The van der Waals surface area contributed by atoms with E-state index in [0.29, 0.717) is 15.7 Å². The number of hydrogen-bond donors (Lipinski definition) is 2. The normalized spacial score (nSPS) is 10.3. The van der Waals surface area contributed by atoms with Crippen LogP contribution in [-0.4, -0.2) is 25.1 Å². The summed E-state index contributed by atoms with van der Waals surface area (Å²) in [6.45, 7) is 0. The van der Waals surface area contributed by atoms with Crippen LogP contribution in [0, 0.1) is 10.1 Å². The molecule has 0 aliphatic heterocycles. The van der Waals surface area contributed by atoms with E-state index in [4.69, 9.17) is 5.84 Å². The summed E-state index contributed by atoms with van der Waals surface area (Å²) in [6, 6.07) is 4.45. The SMILES string of the molecule is Cn1nnnc1Sc1cc(NN)cc([N+](=O)[O-])c1. The molecular formula is C8H9N7O2S. The molecule has 1 aromatic carbocycles. The van der Waals surface area contributed by atoms with Crippen molar-refractivity contribution in [2.24, 2.45) is 12.9 Å². The fraction of sp³-hybridized carbons (Fsp3) is 0.125. The van der Waals surface area contributed by atoms with Crippen molar-refractivity contribution >= 4 is 23.1 Å². The number of nitrogen functional groups attached to an aromatic ring is 1. The van der Waals surface area contributed by atoms with E-state index < -0.39 is 4.92 Å². The molecule has 18 heavy (non-hydrogen) atoms. The first kappa shape index (κ1) is 12.3. The Kier molecular flexibility index (Phi) is 3.39. The van der Waals surface area contributed by atoms with Gasteiger partial charge in [0.2, 0.25) is 5.16 Å². The van der Waals surface area contributed by atoms with Gasteiger partial charge in [-0.05, 0) is 28.3 Å². The Hall–Kier alpha value is -2.20. The average Bonchev–Trinajstić information content (AvgIpc) is 2.74. The lowest BCUT2D eigenvalue weighted by atomic mass is 10.3. The summed E-state index contributed by atoms with van der Waals surface area (Å²) in [4.78, 5) is 10.9. The maximum absolute atomic E-state index is 10.8. The zero-order valence-electron chi connectivity index (χ0n) is 9.27. The lowest BCUT2D eigenvalue weighted by Gasteiger charge is -2.04. The van der Waals surface area contributed by atoms with Crippen LogP contribution in [0.1, 0.15) is 0 Å². The molecule has 0 aliphatic rings. The number of hydrogen-bond acceptors (Lipinski definition) is 8. The highest BCUT2D eigenvalue weighted by atomic mass is 32.2. The van der Waals surface area contributed by atoms with Crippen molar-refractivity contribution in [3.63, 3.8) is 0 Å². The maximum Gasteiger partial charge on any atom is 0.272 e. The molecule has 1 heterocycles. The lowest BCUT2D eigenvalue weighted by molar-refractivity contribution is -0.385. The summed E-state index contributed by atoms with van der Waals surface area (Å²) in [5.41, 5.74) is 2.77. The van der Waals surface area contributed by atoms with Crippen molar-refractivity contribution in [1.29, 1.82) is 0 Å². The Labute approximate surface area is 105 Å². The van der Waals surface area contributed by atoms with Gasteiger partial charge in [0.25, 0.3) is 5.69 Å². The fourth-order valence-electron chi connectivity index (χ4n) is 1.24.